The van der Waals surface area contributed by atoms with E-state index < -0.39 is 8.07 Å². The van der Waals surface area contributed by atoms with E-state index in [4.69, 9.17) is 9.97 Å². The molecular weight excluding hydrogens is 727 g/mol. The molecule has 0 unspecified atom stereocenters. The predicted octanol–water partition coefficient (Wildman–Crippen LogP) is 10.7. The first-order valence-electron chi connectivity index (χ1n) is 19.3. The zero-order chi connectivity index (χ0) is 37.8. The van der Waals surface area contributed by atoms with Crippen LogP contribution in [0, 0.1) is 0 Å². The number of thiophene rings is 1. The van der Waals surface area contributed by atoms with Gasteiger partial charge in [0.15, 0.2) is 8.07 Å². The van der Waals surface area contributed by atoms with Crippen LogP contribution in [0.15, 0.2) is 212 Å². The molecule has 0 aliphatic rings. The number of aromatic nitrogens is 3. The van der Waals surface area contributed by atoms with Crippen molar-refractivity contribution in [1.82, 2.24) is 14.5 Å². The van der Waals surface area contributed by atoms with E-state index in [-0.39, 0.29) is 0 Å². The van der Waals surface area contributed by atoms with Crippen molar-refractivity contribution in [3.63, 3.8) is 0 Å². The summed E-state index contributed by atoms with van der Waals surface area (Å²) in [5.41, 5.74) is 6.65. The molecule has 0 aliphatic carbocycles. The Kier molecular flexibility index (Phi) is 8.02. The van der Waals surface area contributed by atoms with Crippen LogP contribution in [0.5, 0.6) is 0 Å². The standard InChI is InChI=1S/C52H35N3SSi/c1-5-17-36(18-6-1)42-28-16-29-43-44-31-32-48-49(51(44)56-50(42)43)45-27-13-14-30-47(45)55(48)52-53-34-33-46(54-52)37-19-15-26-41(35-37)57(38-20-7-2-8-21-38,39-22-9-3-10-23-39)40-24-11-4-12-25-40/h1-35H. The zero-order valence-corrected chi connectivity index (χ0v) is 32.8. The first-order valence-corrected chi connectivity index (χ1v) is 22.1. The van der Waals surface area contributed by atoms with Gasteiger partial charge in [0.25, 0.3) is 0 Å². The Bertz CT molecular complexity index is 3130. The Morgan fingerprint density at radius 2 is 0.982 bits per heavy atom. The molecule has 0 saturated carbocycles. The maximum atomic E-state index is 5.37. The number of nitrogens with zero attached hydrogens (tertiary/aromatic N) is 3. The van der Waals surface area contributed by atoms with E-state index in [0.717, 1.165) is 22.3 Å². The smallest absolute Gasteiger partial charge is 0.235 e. The lowest BCUT2D eigenvalue weighted by molar-refractivity contribution is 0.992. The van der Waals surface area contributed by atoms with Crippen LogP contribution in [0.1, 0.15) is 0 Å². The number of hydrogen-bond acceptors (Lipinski definition) is 3. The summed E-state index contributed by atoms with van der Waals surface area (Å²) in [7, 11) is -2.72. The topological polar surface area (TPSA) is 30.7 Å². The third kappa shape index (κ3) is 5.31. The van der Waals surface area contributed by atoms with E-state index in [1.807, 2.05) is 23.6 Å². The molecule has 3 aromatic heterocycles. The van der Waals surface area contributed by atoms with E-state index >= 15 is 0 Å². The lowest BCUT2D eigenvalue weighted by atomic mass is 10.0. The number of rotatable bonds is 7. The maximum Gasteiger partial charge on any atom is 0.235 e. The quantitative estimate of drug-likeness (QED) is 0.120. The van der Waals surface area contributed by atoms with Gasteiger partial charge in [0.1, 0.15) is 0 Å². The fourth-order valence-corrected chi connectivity index (χ4v) is 15.1. The van der Waals surface area contributed by atoms with Gasteiger partial charge in [-0.05, 0) is 50.1 Å². The Morgan fingerprint density at radius 3 is 1.68 bits per heavy atom. The SMILES string of the molecule is c1ccc(-c2cccc3c2sc2c3ccc3c2c2ccccc2n3-c2nccc(-c3cccc([Si](c4ccccc4)(c4ccccc4)c4ccccc4)c3)n2)cc1. The Labute approximate surface area is 335 Å². The van der Waals surface area contributed by atoms with Gasteiger partial charge >= 0.3 is 0 Å². The fraction of sp³-hybridized carbons (Fsp3) is 0. The molecule has 11 aromatic rings. The van der Waals surface area contributed by atoms with E-state index in [9.17, 15) is 0 Å². The molecule has 268 valence electrons. The monoisotopic (exact) mass is 761 g/mol. The molecular formula is C52H35N3SSi. The summed E-state index contributed by atoms with van der Waals surface area (Å²) in [6, 6.07) is 75.0. The van der Waals surface area contributed by atoms with Gasteiger partial charge in [-0.1, -0.05) is 188 Å². The highest BCUT2D eigenvalue weighted by atomic mass is 32.1. The van der Waals surface area contributed by atoms with Gasteiger partial charge in [0, 0.05) is 42.7 Å². The summed E-state index contributed by atoms with van der Waals surface area (Å²) >= 11 is 1.88. The molecule has 11 rings (SSSR count). The summed E-state index contributed by atoms with van der Waals surface area (Å²) in [5, 5.41) is 10.3. The number of para-hydroxylation sites is 1. The molecule has 0 saturated heterocycles. The normalized spacial score (nSPS) is 11.9. The highest BCUT2D eigenvalue weighted by Gasteiger charge is 2.41. The molecule has 8 aromatic carbocycles. The van der Waals surface area contributed by atoms with Crippen molar-refractivity contribution in [2.75, 3.05) is 0 Å². The summed E-state index contributed by atoms with van der Waals surface area (Å²) in [5.74, 6) is 0.659. The van der Waals surface area contributed by atoms with Crippen LogP contribution in [0.2, 0.25) is 0 Å². The van der Waals surface area contributed by atoms with Gasteiger partial charge in [-0.2, -0.15) is 0 Å². The summed E-state index contributed by atoms with van der Waals surface area (Å²) in [6.45, 7) is 0. The molecule has 3 heterocycles. The molecule has 0 bridgehead atoms. The first-order chi connectivity index (χ1) is 28.3. The molecule has 0 spiro atoms. The Hall–Kier alpha value is -6.92. The molecule has 0 fully saturated rings. The van der Waals surface area contributed by atoms with Gasteiger partial charge in [0.2, 0.25) is 5.95 Å². The first kappa shape index (κ1) is 33.4. The second kappa shape index (κ2) is 13.7. The fourth-order valence-electron chi connectivity index (χ4n) is 8.96. The van der Waals surface area contributed by atoms with Crippen molar-refractivity contribution >= 4 is 82.1 Å². The highest BCUT2D eigenvalue weighted by Crippen LogP contribution is 2.45. The van der Waals surface area contributed by atoms with Crippen LogP contribution in [-0.2, 0) is 0 Å². The minimum absolute atomic E-state index is 0.659. The molecule has 0 N–H and O–H groups in total. The Morgan fingerprint density at radius 1 is 0.421 bits per heavy atom. The third-order valence-electron chi connectivity index (χ3n) is 11.4. The average molecular weight is 762 g/mol. The second-order valence-corrected chi connectivity index (χ2v) is 19.3. The minimum Gasteiger partial charge on any atom is -0.278 e. The van der Waals surface area contributed by atoms with Crippen LogP contribution < -0.4 is 20.7 Å². The van der Waals surface area contributed by atoms with Crippen molar-refractivity contribution in [3.05, 3.63) is 212 Å². The molecule has 0 radical (unpaired) electrons. The number of hydrogen-bond donors (Lipinski definition) is 0. The van der Waals surface area contributed by atoms with E-state index in [1.165, 1.54) is 62.8 Å². The molecule has 0 aliphatic heterocycles. The van der Waals surface area contributed by atoms with Crippen LogP contribution in [0.4, 0.5) is 0 Å². The summed E-state index contributed by atoms with van der Waals surface area (Å²) in [4.78, 5) is 10.3. The average Bonchev–Trinajstić information content (AvgIpc) is 3.84. The van der Waals surface area contributed by atoms with Crippen molar-refractivity contribution in [2.24, 2.45) is 0 Å². The highest BCUT2D eigenvalue weighted by molar-refractivity contribution is 7.27. The van der Waals surface area contributed by atoms with Crippen molar-refractivity contribution in [1.29, 1.82) is 0 Å². The van der Waals surface area contributed by atoms with E-state index in [1.54, 1.807) is 0 Å². The molecule has 5 heteroatoms. The van der Waals surface area contributed by atoms with E-state index in [0.29, 0.717) is 5.95 Å². The minimum atomic E-state index is -2.72. The molecule has 57 heavy (non-hydrogen) atoms. The molecule has 0 atom stereocenters. The lowest BCUT2D eigenvalue weighted by Crippen LogP contribution is -2.74. The van der Waals surface area contributed by atoms with Gasteiger partial charge < -0.3 is 0 Å². The van der Waals surface area contributed by atoms with Crippen LogP contribution in [0.3, 0.4) is 0 Å². The lowest BCUT2D eigenvalue weighted by Gasteiger charge is -2.34. The van der Waals surface area contributed by atoms with E-state index in [2.05, 4.69) is 205 Å². The third-order valence-corrected chi connectivity index (χ3v) is 17.5. The van der Waals surface area contributed by atoms with Crippen LogP contribution in [0.25, 0.3) is 70.3 Å². The van der Waals surface area contributed by atoms with Crippen molar-refractivity contribution in [3.8, 4) is 28.3 Å². The zero-order valence-electron chi connectivity index (χ0n) is 31.0. The number of benzene rings is 8. The largest absolute Gasteiger partial charge is 0.278 e. The summed E-state index contributed by atoms with van der Waals surface area (Å²) < 4.78 is 4.84. The van der Waals surface area contributed by atoms with Crippen molar-refractivity contribution < 1.29 is 0 Å². The van der Waals surface area contributed by atoms with Gasteiger partial charge in [-0.3, -0.25) is 4.57 Å². The number of fused-ring (bicyclic) bond motifs is 7. The van der Waals surface area contributed by atoms with Gasteiger partial charge in [-0.25, -0.2) is 9.97 Å². The molecule has 3 nitrogen and oxygen atoms in total. The molecule has 0 amide bonds. The Balaban J connectivity index is 1.10. The van der Waals surface area contributed by atoms with Crippen molar-refractivity contribution in [2.45, 2.75) is 0 Å². The maximum absolute atomic E-state index is 5.37. The van der Waals surface area contributed by atoms with Crippen LogP contribution >= 0.6 is 11.3 Å². The van der Waals surface area contributed by atoms with Gasteiger partial charge in [0.05, 0.1) is 16.7 Å². The predicted molar refractivity (Wildman–Crippen MR) is 244 cm³/mol. The van der Waals surface area contributed by atoms with Gasteiger partial charge in [-0.15, -0.1) is 11.3 Å². The van der Waals surface area contributed by atoms with Crippen LogP contribution in [-0.4, -0.2) is 22.6 Å². The second-order valence-electron chi connectivity index (χ2n) is 14.5. The summed E-state index contributed by atoms with van der Waals surface area (Å²) in [6.07, 6.45) is 1.91.